The highest BCUT2D eigenvalue weighted by Gasteiger charge is 2.39. The Kier molecular flexibility index (Phi) is 6.28. The number of hydrogen-bond donors (Lipinski definition) is 1. The number of rotatable bonds is 7. The molecule has 0 amide bonds. The van der Waals surface area contributed by atoms with Crippen LogP contribution in [-0.4, -0.2) is 62.0 Å². The first kappa shape index (κ1) is 19.5. The molecule has 1 aromatic carbocycles. The lowest BCUT2D eigenvalue weighted by molar-refractivity contribution is -0.00274. The minimum absolute atomic E-state index is 0.386. The van der Waals surface area contributed by atoms with Crippen LogP contribution in [0.15, 0.2) is 18.2 Å². The van der Waals surface area contributed by atoms with Gasteiger partial charge in [0.2, 0.25) is 0 Å². The van der Waals surface area contributed by atoms with E-state index < -0.39 is 0 Å². The zero-order valence-electron chi connectivity index (χ0n) is 16.4. The van der Waals surface area contributed by atoms with Gasteiger partial charge in [-0.05, 0) is 61.6 Å². The van der Waals surface area contributed by atoms with Crippen LogP contribution in [0.4, 0.5) is 5.69 Å². The Hall–Kier alpha value is -0.810. The number of halogens is 1. The van der Waals surface area contributed by atoms with Crippen molar-refractivity contribution >= 4 is 17.3 Å². The molecule has 1 saturated heterocycles. The van der Waals surface area contributed by atoms with Crippen LogP contribution in [0.5, 0.6) is 0 Å². The van der Waals surface area contributed by atoms with E-state index in [9.17, 15) is 5.11 Å². The average molecular weight is 393 g/mol. The summed E-state index contributed by atoms with van der Waals surface area (Å²) in [5.41, 5.74) is 2.50. The molecule has 2 saturated carbocycles. The summed E-state index contributed by atoms with van der Waals surface area (Å²) in [6.07, 6.45) is 5.23. The molecule has 1 aliphatic heterocycles. The van der Waals surface area contributed by atoms with Crippen molar-refractivity contribution in [3.8, 4) is 0 Å². The van der Waals surface area contributed by atoms with E-state index in [1.54, 1.807) is 0 Å². The number of nitrogens with zero attached hydrogens (tertiary/aromatic N) is 2. The van der Waals surface area contributed by atoms with Crippen LogP contribution in [-0.2, 0) is 4.74 Å². The Morgan fingerprint density at radius 3 is 2.70 bits per heavy atom. The second-order valence-electron chi connectivity index (χ2n) is 8.84. The molecule has 2 aliphatic carbocycles. The molecule has 4 nitrogen and oxygen atoms in total. The number of aliphatic hydroxyl groups excluding tert-OH is 1. The van der Waals surface area contributed by atoms with E-state index >= 15 is 0 Å². The summed E-state index contributed by atoms with van der Waals surface area (Å²) >= 11 is 6.17. The maximum atomic E-state index is 10.4. The Balaban J connectivity index is 1.16. The maximum absolute atomic E-state index is 10.4. The quantitative estimate of drug-likeness (QED) is 0.769. The van der Waals surface area contributed by atoms with Crippen LogP contribution in [0.2, 0.25) is 5.02 Å². The minimum atomic E-state index is -0.386. The van der Waals surface area contributed by atoms with E-state index in [4.69, 9.17) is 16.3 Å². The number of fused-ring (bicyclic) bond motifs is 2. The molecular formula is C22H33ClN2O2. The van der Waals surface area contributed by atoms with Gasteiger partial charge in [-0.15, -0.1) is 0 Å². The second kappa shape index (κ2) is 8.69. The lowest BCUT2D eigenvalue weighted by Gasteiger charge is -2.37. The van der Waals surface area contributed by atoms with Gasteiger partial charge in [0.15, 0.2) is 0 Å². The summed E-state index contributed by atoms with van der Waals surface area (Å²) < 4.78 is 5.89. The summed E-state index contributed by atoms with van der Waals surface area (Å²) in [5, 5.41) is 11.2. The van der Waals surface area contributed by atoms with Gasteiger partial charge in [-0.3, -0.25) is 4.90 Å². The summed E-state index contributed by atoms with van der Waals surface area (Å²) in [4.78, 5) is 4.75. The van der Waals surface area contributed by atoms with Crippen LogP contribution in [0.3, 0.4) is 0 Å². The van der Waals surface area contributed by atoms with Crippen molar-refractivity contribution in [1.29, 1.82) is 0 Å². The number of β-amino-alcohol motifs (C(OH)–C–C–N with tert-alkyl or cyclic N) is 1. The van der Waals surface area contributed by atoms with Crippen LogP contribution >= 0.6 is 11.6 Å². The van der Waals surface area contributed by atoms with Gasteiger partial charge in [0.25, 0.3) is 0 Å². The Bertz CT molecular complexity index is 633. The fraction of sp³-hybridized carbons (Fsp3) is 0.727. The molecule has 1 heterocycles. The minimum Gasteiger partial charge on any atom is -0.389 e. The van der Waals surface area contributed by atoms with Gasteiger partial charge < -0.3 is 14.7 Å². The van der Waals surface area contributed by atoms with Crippen molar-refractivity contribution in [2.45, 2.75) is 38.7 Å². The monoisotopic (exact) mass is 392 g/mol. The van der Waals surface area contributed by atoms with Crippen LogP contribution in [0, 0.1) is 24.7 Å². The SMILES string of the molecule is Cc1ccc(Cl)cc1N1CCN(C[C@H](O)COC[C@@H]2C[C@H]3CC[C@H]2C3)CC1. The Morgan fingerprint density at radius 1 is 1.19 bits per heavy atom. The van der Waals surface area contributed by atoms with E-state index in [0.717, 1.165) is 55.6 Å². The van der Waals surface area contributed by atoms with Crippen LogP contribution in [0.1, 0.15) is 31.2 Å². The third-order valence-corrected chi connectivity index (χ3v) is 7.11. The van der Waals surface area contributed by atoms with E-state index in [2.05, 4.69) is 28.9 Å². The van der Waals surface area contributed by atoms with Crippen molar-refractivity contribution in [2.75, 3.05) is 50.8 Å². The largest absolute Gasteiger partial charge is 0.389 e. The van der Waals surface area contributed by atoms with Gasteiger partial charge in [0, 0.05) is 50.0 Å². The predicted octanol–water partition coefficient (Wildman–Crippen LogP) is 3.58. The average Bonchev–Trinajstić information content (AvgIpc) is 3.28. The summed E-state index contributed by atoms with van der Waals surface area (Å²) in [6.45, 7) is 8.04. The van der Waals surface area contributed by atoms with Crippen LogP contribution in [0.25, 0.3) is 0 Å². The summed E-state index contributed by atoms with van der Waals surface area (Å²) in [7, 11) is 0. The van der Waals surface area contributed by atoms with Gasteiger partial charge in [0.05, 0.1) is 12.7 Å². The fourth-order valence-corrected chi connectivity index (χ4v) is 5.55. The number of aliphatic hydroxyl groups is 1. The topological polar surface area (TPSA) is 35.9 Å². The molecule has 1 aromatic rings. The number of anilines is 1. The van der Waals surface area contributed by atoms with E-state index in [1.807, 2.05) is 6.07 Å². The zero-order valence-corrected chi connectivity index (χ0v) is 17.2. The zero-order chi connectivity index (χ0) is 18.8. The third-order valence-electron chi connectivity index (χ3n) is 6.88. The van der Waals surface area contributed by atoms with Gasteiger partial charge >= 0.3 is 0 Å². The molecule has 150 valence electrons. The summed E-state index contributed by atoms with van der Waals surface area (Å²) in [5.74, 6) is 2.61. The van der Waals surface area contributed by atoms with E-state index in [0.29, 0.717) is 13.2 Å². The standard InChI is InChI=1S/C22H33ClN2O2/c1-16-2-5-20(23)12-22(16)25-8-6-24(7-9-25)13-21(26)15-27-14-19-11-17-3-4-18(19)10-17/h2,5,12,17-19,21,26H,3-4,6-11,13-15H2,1H3/t17-,18-,19-,21-/m0/s1. The van der Waals surface area contributed by atoms with Crippen molar-refractivity contribution in [2.24, 2.45) is 17.8 Å². The van der Waals surface area contributed by atoms with Crippen molar-refractivity contribution < 1.29 is 9.84 Å². The molecule has 3 fully saturated rings. The molecule has 4 atom stereocenters. The number of hydrogen-bond acceptors (Lipinski definition) is 4. The molecule has 3 aliphatic rings. The third kappa shape index (κ3) is 4.79. The molecule has 5 heteroatoms. The molecule has 2 bridgehead atoms. The number of benzene rings is 1. The van der Waals surface area contributed by atoms with E-state index in [-0.39, 0.29) is 6.10 Å². The molecule has 0 spiro atoms. The maximum Gasteiger partial charge on any atom is 0.0900 e. The first-order valence-electron chi connectivity index (χ1n) is 10.6. The Morgan fingerprint density at radius 2 is 2.00 bits per heavy atom. The second-order valence-corrected chi connectivity index (χ2v) is 9.28. The lowest BCUT2D eigenvalue weighted by Crippen LogP contribution is -2.49. The van der Waals surface area contributed by atoms with Crippen LogP contribution < -0.4 is 4.90 Å². The van der Waals surface area contributed by atoms with Crippen molar-refractivity contribution in [3.63, 3.8) is 0 Å². The summed E-state index contributed by atoms with van der Waals surface area (Å²) in [6, 6.07) is 6.09. The fourth-order valence-electron chi connectivity index (χ4n) is 5.38. The first-order valence-corrected chi connectivity index (χ1v) is 11.0. The number of ether oxygens (including phenoxy) is 1. The van der Waals surface area contributed by atoms with Crippen molar-refractivity contribution in [3.05, 3.63) is 28.8 Å². The van der Waals surface area contributed by atoms with Gasteiger partial charge in [0.1, 0.15) is 0 Å². The highest BCUT2D eigenvalue weighted by atomic mass is 35.5. The van der Waals surface area contributed by atoms with Gasteiger partial charge in [-0.1, -0.05) is 24.1 Å². The molecule has 27 heavy (non-hydrogen) atoms. The highest BCUT2D eigenvalue weighted by molar-refractivity contribution is 6.30. The molecule has 0 radical (unpaired) electrons. The molecule has 0 aromatic heterocycles. The molecule has 0 unspecified atom stereocenters. The Labute approximate surface area is 168 Å². The number of piperazine rings is 1. The molecule has 4 rings (SSSR count). The molecule has 1 N–H and O–H groups in total. The molecular weight excluding hydrogens is 360 g/mol. The van der Waals surface area contributed by atoms with Gasteiger partial charge in [-0.25, -0.2) is 0 Å². The van der Waals surface area contributed by atoms with Gasteiger partial charge in [-0.2, -0.15) is 0 Å². The van der Waals surface area contributed by atoms with E-state index in [1.165, 1.54) is 36.9 Å². The normalized spacial score (nSPS) is 29.4. The highest BCUT2D eigenvalue weighted by Crippen LogP contribution is 2.48. The number of aryl methyl sites for hydroxylation is 1. The smallest absolute Gasteiger partial charge is 0.0900 e. The predicted molar refractivity (Wildman–Crippen MR) is 111 cm³/mol. The first-order chi connectivity index (χ1) is 13.1. The van der Waals surface area contributed by atoms with Crippen molar-refractivity contribution in [1.82, 2.24) is 4.90 Å². The lowest BCUT2D eigenvalue weighted by atomic mass is 9.90.